The van der Waals surface area contributed by atoms with Gasteiger partial charge in [0.05, 0.1) is 0 Å². The standard InChI is InChI=1S/C11H15NO/c1-4-6-10-7-8-12(9(3)13)11(10)5-2/h4-6H,1,7-8H2,2-3H3/b10-6-,11-5+. The number of rotatable bonds is 1. The van der Waals surface area contributed by atoms with Crippen LogP contribution in [0.15, 0.2) is 36.1 Å². The van der Waals surface area contributed by atoms with Crippen LogP contribution in [0.25, 0.3) is 0 Å². The molecular weight excluding hydrogens is 162 g/mol. The predicted molar refractivity (Wildman–Crippen MR) is 54.0 cm³/mol. The Labute approximate surface area is 79.2 Å². The van der Waals surface area contributed by atoms with Crippen LogP contribution in [0.2, 0.25) is 0 Å². The largest absolute Gasteiger partial charge is 0.312 e. The molecule has 1 amide bonds. The lowest BCUT2D eigenvalue weighted by Crippen LogP contribution is -2.23. The molecule has 0 aromatic carbocycles. The van der Waals surface area contributed by atoms with Gasteiger partial charge in [-0.2, -0.15) is 0 Å². The van der Waals surface area contributed by atoms with Gasteiger partial charge in [-0.05, 0) is 18.9 Å². The zero-order chi connectivity index (χ0) is 9.84. The second-order valence-electron chi connectivity index (χ2n) is 3.02. The first-order valence-corrected chi connectivity index (χ1v) is 4.47. The summed E-state index contributed by atoms with van der Waals surface area (Å²) >= 11 is 0. The fourth-order valence-electron chi connectivity index (χ4n) is 1.63. The van der Waals surface area contributed by atoms with Crippen molar-refractivity contribution in [3.05, 3.63) is 36.1 Å². The highest BCUT2D eigenvalue weighted by molar-refractivity contribution is 5.77. The summed E-state index contributed by atoms with van der Waals surface area (Å²) < 4.78 is 0. The van der Waals surface area contributed by atoms with Gasteiger partial charge in [-0.25, -0.2) is 0 Å². The van der Waals surface area contributed by atoms with Crippen LogP contribution in [-0.2, 0) is 4.79 Å². The molecule has 0 radical (unpaired) electrons. The molecule has 0 aliphatic carbocycles. The quantitative estimate of drug-likeness (QED) is 0.601. The molecule has 1 saturated heterocycles. The Hall–Kier alpha value is -1.31. The molecule has 0 atom stereocenters. The van der Waals surface area contributed by atoms with Crippen molar-refractivity contribution >= 4 is 5.91 Å². The van der Waals surface area contributed by atoms with Crippen molar-refractivity contribution < 1.29 is 4.79 Å². The molecule has 0 N–H and O–H groups in total. The number of hydrogen-bond donors (Lipinski definition) is 0. The van der Waals surface area contributed by atoms with E-state index in [9.17, 15) is 4.79 Å². The highest BCUT2D eigenvalue weighted by atomic mass is 16.2. The SMILES string of the molecule is C=C/C=C1/CCN(C(C)=O)/C1=C/C. The number of likely N-dealkylation sites (tertiary alicyclic amines) is 1. The third-order valence-corrected chi connectivity index (χ3v) is 2.20. The molecule has 1 fully saturated rings. The summed E-state index contributed by atoms with van der Waals surface area (Å²) in [6.45, 7) is 8.01. The third-order valence-electron chi connectivity index (χ3n) is 2.20. The first-order chi connectivity index (χ1) is 6.20. The van der Waals surface area contributed by atoms with E-state index in [4.69, 9.17) is 0 Å². The van der Waals surface area contributed by atoms with Crippen LogP contribution in [0, 0.1) is 0 Å². The summed E-state index contributed by atoms with van der Waals surface area (Å²) in [7, 11) is 0. The normalized spacial score (nSPS) is 22.8. The van der Waals surface area contributed by atoms with Crippen molar-refractivity contribution in [1.29, 1.82) is 0 Å². The summed E-state index contributed by atoms with van der Waals surface area (Å²) in [5.74, 6) is 0.112. The molecule has 2 heteroatoms. The van der Waals surface area contributed by atoms with Crippen LogP contribution >= 0.6 is 0 Å². The Morgan fingerprint density at radius 1 is 1.62 bits per heavy atom. The van der Waals surface area contributed by atoms with Gasteiger partial charge < -0.3 is 4.90 Å². The summed E-state index contributed by atoms with van der Waals surface area (Å²) in [6, 6.07) is 0. The fourth-order valence-corrected chi connectivity index (χ4v) is 1.63. The lowest BCUT2D eigenvalue weighted by atomic mass is 10.1. The third kappa shape index (κ3) is 1.89. The zero-order valence-electron chi connectivity index (χ0n) is 8.21. The number of amides is 1. The molecule has 1 aliphatic rings. The summed E-state index contributed by atoms with van der Waals surface area (Å²) in [4.78, 5) is 13.0. The molecular formula is C11H15NO. The molecule has 1 aliphatic heterocycles. The minimum absolute atomic E-state index is 0.112. The zero-order valence-corrected chi connectivity index (χ0v) is 8.21. The molecule has 0 saturated carbocycles. The Balaban J connectivity index is 2.94. The van der Waals surface area contributed by atoms with Crippen LogP contribution in [0.4, 0.5) is 0 Å². The maximum atomic E-state index is 11.2. The molecule has 70 valence electrons. The number of allylic oxidation sites excluding steroid dienone is 4. The Morgan fingerprint density at radius 3 is 2.77 bits per heavy atom. The maximum Gasteiger partial charge on any atom is 0.223 e. The number of carbonyl (C=O) groups is 1. The molecule has 2 nitrogen and oxygen atoms in total. The molecule has 0 unspecified atom stereocenters. The van der Waals surface area contributed by atoms with Crippen molar-refractivity contribution in [3.63, 3.8) is 0 Å². The van der Waals surface area contributed by atoms with Crippen molar-refractivity contribution in [2.24, 2.45) is 0 Å². The van der Waals surface area contributed by atoms with Crippen molar-refractivity contribution in [2.75, 3.05) is 6.54 Å². The second kappa shape index (κ2) is 4.08. The molecule has 1 heterocycles. The highest BCUT2D eigenvalue weighted by Crippen LogP contribution is 2.26. The minimum atomic E-state index is 0.112. The van der Waals surface area contributed by atoms with Gasteiger partial charge in [0, 0.05) is 19.2 Å². The molecule has 0 spiro atoms. The highest BCUT2D eigenvalue weighted by Gasteiger charge is 2.23. The topological polar surface area (TPSA) is 20.3 Å². The average molecular weight is 177 g/mol. The van der Waals surface area contributed by atoms with E-state index in [1.807, 2.05) is 19.1 Å². The maximum absolute atomic E-state index is 11.2. The van der Waals surface area contributed by atoms with Gasteiger partial charge in [0.25, 0.3) is 0 Å². The minimum Gasteiger partial charge on any atom is -0.312 e. The van der Waals surface area contributed by atoms with Crippen molar-refractivity contribution in [2.45, 2.75) is 20.3 Å². The van der Waals surface area contributed by atoms with E-state index in [0.717, 1.165) is 18.7 Å². The van der Waals surface area contributed by atoms with Crippen LogP contribution in [0.5, 0.6) is 0 Å². The Kier molecular flexibility index (Phi) is 3.07. The summed E-state index contributed by atoms with van der Waals surface area (Å²) in [6.07, 6.45) is 6.65. The first kappa shape index (κ1) is 9.78. The molecule has 0 bridgehead atoms. The molecule has 0 aromatic heterocycles. The van der Waals surface area contributed by atoms with Gasteiger partial charge in [-0.15, -0.1) is 0 Å². The molecule has 13 heavy (non-hydrogen) atoms. The Bertz CT molecular complexity index is 286. The predicted octanol–water partition coefficient (Wildman–Crippen LogP) is 2.25. The van der Waals surface area contributed by atoms with Crippen LogP contribution in [0.3, 0.4) is 0 Å². The number of hydrogen-bond acceptors (Lipinski definition) is 1. The Morgan fingerprint density at radius 2 is 2.31 bits per heavy atom. The van der Waals surface area contributed by atoms with E-state index in [-0.39, 0.29) is 5.91 Å². The number of carbonyl (C=O) groups excluding carboxylic acids is 1. The monoisotopic (exact) mass is 177 g/mol. The van der Waals surface area contributed by atoms with Crippen LogP contribution in [-0.4, -0.2) is 17.4 Å². The van der Waals surface area contributed by atoms with Gasteiger partial charge in [0.2, 0.25) is 5.91 Å². The molecule has 1 rings (SSSR count). The van der Waals surface area contributed by atoms with E-state index in [2.05, 4.69) is 6.58 Å². The second-order valence-corrected chi connectivity index (χ2v) is 3.02. The van der Waals surface area contributed by atoms with E-state index < -0.39 is 0 Å². The van der Waals surface area contributed by atoms with E-state index >= 15 is 0 Å². The fraction of sp³-hybridized carbons (Fsp3) is 0.364. The molecule has 0 aromatic rings. The lowest BCUT2D eigenvalue weighted by molar-refractivity contribution is -0.126. The lowest BCUT2D eigenvalue weighted by Gasteiger charge is -2.14. The first-order valence-electron chi connectivity index (χ1n) is 4.47. The average Bonchev–Trinajstić information content (AvgIpc) is 2.48. The smallest absolute Gasteiger partial charge is 0.223 e. The van der Waals surface area contributed by atoms with E-state index in [1.165, 1.54) is 5.57 Å². The van der Waals surface area contributed by atoms with Crippen molar-refractivity contribution in [1.82, 2.24) is 4.90 Å². The van der Waals surface area contributed by atoms with Gasteiger partial charge in [0.15, 0.2) is 0 Å². The summed E-state index contributed by atoms with van der Waals surface area (Å²) in [5, 5.41) is 0. The van der Waals surface area contributed by atoms with Crippen LogP contribution < -0.4 is 0 Å². The van der Waals surface area contributed by atoms with Gasteiger partial charge in [-0.3, -0.25) is 4.79 Å². The van der Waals surface area contributed by atoms with E-state index in [0.29, 0.717) is 0 Å². The van der Waals surface area contributed by atoms with E-state index in [1.54, 1.807) is 17.9 Å². The number of nitrogens with zero attached hydrogens (tertiary/aromatic N) is 1. The van der Waals surface area contributed by atoms with Gasteiger partial charge in [0.1, 0.15) is 0 Å². The van der Waals surface area contributed by atoms with Gasteiger partial charge in [-0.1, -0.05) is 24.8 Å². The van der Waals surface area contributed by atoms with Gasteiger partial charge >= 0.3 is 0 Å². The van der Waals surface area contributed by atoms with Crippen LogP contribution in [0.1, 0.15) is 20.3 Å². The summed E-state index contributed by atoms with van der Waals surface area (Å²) in [5.41, 5.74) is 2.24. The van der Waals surface area contributed by atoms with Crippen molar-refractivity contribution in [3.8, 4) is 0 Å².